The van der Waals surface area contributed by atoms with Gasteiger partial charge in [0.25, 0.3) is 5.91 Å². The van der Waals surface area contributed by atoms with Crippen LogP contribution in [0.25, 0.3) is 22.1 Å². The first-order valence-corrected chi connectivity index (χ1v) is 10.3. The molecule has 1 amide bonds. The van der Waals surface area contributed by atoms with Gasteiger partial charge in [-0.1, -0.05) is 48.5 Å². The van der Waals surface area contributed by atoms with Crippen LogP contribution in [0.1, 0.15) is 5.56 Å². The summed E-state index contributed by atoms with van der Waals surface area (Å²) in [5.74, 6) is 0.217. The topological polar surface area (TPSA) is 80.6 Å². The number of amides is 1. The second kappa shape index (κ2) is 9.45. The predicted molar refractivity (Wildman–Crippen MR) is 129 cm³/mol. The van der Waals surface area contributed by atoms with Crippen molar-refractivity contribution in [1.82, 2.24) is 5.32 Å². The Morgan fingerprint density at radius 2 is 1.75 bits per heavy atom. The van der Waals surface area contributed by atoms with Crippen LogP contribution in [-0.2, 0) is 4.79 Å². The quantitative estimate of drug-likeness (QED) is 0.344. The highest BCUT2D eigenvalue weighted by Crippen LogP contribution is 2.26. The van der Waals surface area contributed by atoms with E-state index >= 15 is 0 Å². The van der Waals surface area contributed by atoms with E-state index in [1.807, 2.05) is 55.5 Å². The Bertz CT molecular complexity index is 1350. The van der Waals surface area contributed by atoms with Gasteiger partial charge in [-0.3, -0.25) is 10.1 Å². The first-order valence-electron chi connectivity index (χ1n) is 9.92. The van der Waals surface area contributed by atoms with Crippen LogP contribution in [0.2, 0.25) is 0 Å². The van der Waals surface area contributed by atoms with E-state index in [0.717, 1.165) is 10.9 Å². The molecular formula is C25H20N2O4S. The van der Waals surface area contributed by atoms with E-state index in [0.29, 0.717) is 28.1 Å². The first kappa shape index (κ1) is 21.3. The first-order chi connectivity index (χ1) is 15.5. The van der Waals surface area contributed by atoms with Gasteiger partial charge >= 0.3 is 5.63 Å². The van der Waals surface area contributed by atoms with Crippen molar-refractivity contribution in [1.29, 1.82) is 0 Å². The van der Waals surface area contributed by atoms with Crippen LogP contribution in [-0.4, -0.2) is 17.6 Å². The molecule has 3 aromatic carbocycles. The molecule has 0 saturated carbocycles. The summed E-state index contributed by atoms with van der Waals surface area (Å²) < 4.78 is 10.9. The molecule has 0 aliphatic rings. The van der Waals surface area contributed by atoms with Crippen molar-refractivity contribution in [2.75, 3.05) is 11.9 Å². The summed E-state index contributed by atoms with van der Waals surface area (Å²) >= 11 is 5.27. The van der Waals surface area contributed by atoms with E-state index < -0.39 is 5.63 Å². The molecule has 0 atom stereocenters. The van der Waals surface area contributed by atoms with Crippen LogP contribution >= 0.6 is 12.2 Å². The SMILES string of the molecule is Cc1ccc(-c2cc3ccccc3oc2=O)cc1NC(=S)NC(=O)COc1ccccc1. The molecule has 0 aliphatic carbocycles. The van der Waals surface area contributed by atoms with Gasteiger partial charge in [0.1, 0.15) is 11.3 Å². The number of anilines is 1. The summed E-state index contributed by atoms with van der Waals surface area (Å²) in [4.78, 5) is 24.6. The van der Waals surface area contributed by atoms with Gasteiger partial charge in [0.2, 0.25) is 0 Å². The van der Waals surface area contributed by atoms with E-state index in [1.54, 1.807) is 30.3 Å². The van der Waals surface area contributed by atoms with Crippen molar-refractivity contribution in [2.45, 2.75) is 6.92 Å². The largest absolute Gasteiger partial charge is 0.484 e. The molecule has 0 aliphatic heterocycles. The third-order valence-corrected chi connectivity index (χ3v) is 5.01. The fourth-order valence-electron chi connectivity index (χ4n) is 3.17. The van der Waals surface area contributed by atoms with Gasteiger partial charge in [-0.15, -0.1) is 0 Å². The molecule has 1 aromatic heterocycles. The number of para-hydroxylation sites is 2. The highest BCUT2D eigenvalue weighted by molar-refractivity contribution is 7.80. The Morgan fingerprint density at radius 1 is 1.00 bits per heavy atom. The van der Waals surface area contributed by atoms with Gasteiger partial charge in [0.15, 0.2) is 11.7 Å². The number of thiocarbonyl (C=S) groups is 1. The molecule has 2 N–H and O–H groups in total. The van der Waals surface area contributed by atoms with E-state index in [2.05, 4.69) is 10.6 Å². The van der Waals surface area contributed by atoms with Crippen molar-refractivity contribution < 1.29 is 13.9 Å². The summed E-state index contributed by atoms with van der Waals surface area (Å²) in [5, 5.41) is 6.58. The van der Waals surface area contributed by atoms with Gasteiger partial charge in [-0.05, 0) is 60.6 Å². The van der Waals surface area contributed by atoms with Crippen LogP contribution in [0.15, 0.2) is 88.1 Å². The second-order valence-corrected chi connectivity index (χ2v) is 7.53. The molecule has 6 nitrogen and oxygen atoms in total. The highest BCUT2D eigenvalue weighted by atomic mass is 32.1. The molecule has 32 heavy (non-hydrogen) atoms. The molecule has 0 fully saturated rings. The van der Waals surface area contributed by atoms with Crippen molar-refractivity contribution in [3.05, 3.63) is 94.8 Å². The molecule has 7 heteroatoms. The fourth-order valence-corrected chi connectivity index (χ4v) is 3.39. The van der Waals surface area contributed by atoms with Crippen LogP contribution in [0.5, 0.6) is 5.75 Å². The Labute approximate surface area is 189 Å². The summed E-state index contributed by atoms with van der Waals surface area (Å²) in [6, 6.07) is 23.7. The number of nitrogens with one attached hydrogen (secondary N) is 2. The molecule has 1 heterocycles. The summed E-state index contributed by atoms with van der Waals surface area (Å²) in [6.07, 6.45) is 0. The van der Waals surface area contributed by atoms with Gasteiger partial charge in [-0.2, -0.15) is 0 Å². The molecule has 4 aromatic rings. The van der Waals surface area contributed by atoms with Gasteiger partial charge in [0.05, 0.1) is 5.56 Å². The number of benzene rings is 3. The normalized spacial score (nSPS) is 10.5. The number of carbonyl (C=O) groups excluding carboxylic acids is 1. The number of ether oxygens (including phenoxy) is 1. The Morgan fingerprint density at radius 3 is 2.56 bits per heavy atom. The number of hydrogen-bond donors (Lipinski definition) is 2. The molecule has 0 spiro atoms. The Hall–Kier alpha value is -3.97. The predicted octanol–water partition coefficient (Wildman–Crippen LogP) is 4.66. The van der Waals surface area contributed by atoms with Crippen molar-refractivity contribution in [2.24, 2.45) is 0 Å². The maximum Gasteiger partial charge on any atom is 0.344 e. The smallest absolute Gasteiger partial charge is 0.344 e. The third kappa shape index (κ3) is 5.01. The fraction of sp³-hybridized carbons (Fsp3) is 0.0800. The number of rotatable bonds is 5. The number of carbonyl (C=O) groups is 1. The lowest BCUT2D eigenvalue weighted by molar-refractivity contribution is -0.121. The van der Waals surface area contributed by atoms with Crippen LogP contribution < -0.4 is 21.0 Å². The third-order valence-electron chi connectivity index (χ3n) is 4.80. The monoisotopic (exact) mass is 444 g/mol. The van der Waals surface area contributed by atoms with Crippen LogP contribution in [0.4, 0.5) is 5.69 Å². The number of hydrogen-bond acceptors (Lipinski definition) is 5. The van der Waals surface area contributed by atoms with E-state index in [9.17, 15) is 9.59 Å². The molecule has 0 saturated heterocycles. The van der Waals surface area contributed by atoms with E-state index in [4.69, 9.17) is 21.4 Å². The molecule has 0 unspecified atom stereocenters. The number of aryl methyl sites for hydroxylation is 1. The van der Waals surface area contributed by atoms with Crippen molar-refractivity contribution >= 4 is 39.9 Å². The van der Waals surface area contributed by atoms with Gasteiger partial charge in [0, 0.05) is 11.1 Å². The van der Waals surface area contributed by atoms with E-state index in [1.165, 1.54) is 0 Å². The van der Waals surface area contributed by atoms with Gasteiger partial charge < -0.3 is 14.5 Å². The van der Waals surface area contributed by atoms with Crippen LogP contribution in [0.3, 0.4) is 0 Å². The molecule has 0 radical (unpaired) electrons. The lowest BCUT2D eigenvalue weighted by Crippen LogP contribution is -2.37. The molecule has 160 valence electrons. The maximum atomic E-state index is 12.5. The highest BCUT2D eigenvalue weighted by Gasteiger charge is 2.12. The lowest BCUT2D eigenvalue weighted by atomic mass is 10.0. The Kier molecular flexibility index (Phi) is 6.28. The molecule has 4 rings (SSSR count). The van der Waals surface area contributed by atoms with Crippen molar-refractivity contribution in [3.63, 3.8) is 0 Å². The molecular weight excluding hydrogens is 424 g/mol. The standard InChI is InChI=1S/C25H20N2O4S/c1-16-11-12-17(20-13-18-7-5-6-10-22(18)31-24(20)29)14-21(16)26-25(32)27-23(28)15-30-19-8-3-2-4-9-19/h2-14H,15H2,1H3,(H2,26,27,28,32). The number of fused-ring (bicyclic) bond motifs is 1. The summed E-state index contributed by atoms with van der Waals surface area (Å²) in [7, 11) is 0. The summed E-state index contributed by atoms with van der Waals surface area (Å²) in [5.41, 5.74) is 2.80. The maximum absolute atomic E-state index is 12.5. The molecule has 0 bridgehead atoms. The van der Waals surface area contributed by atoms with Crippen LogP contribution in [0, 0.1) is 6.92 Å². The average molecular weight is 445 g/mol. The minimum atomic E-state index is -0.424. The minimum absolute atomic E-state index is 0.137. The zero-order valence-electron chi connectivity index (χ0n) is 17.3. The zero-order valence-corrected chi connectivity index (χ0v) is 18.1. The average Bonchev–Trinajstić information content (AvgIpc) is 2.79. The van der Waals surface area contributed by atoms with Crippen molar-refractivity contribution in [3.8, 4) is 16.9 Å². The lowest BCUT2D eigenvalue weighted by Gasteiger charge is -2.13. The zero-order chi connectivity index (χ0) is 22.5. The van der Waals surface area contributed by atoms with E-state index in [-0.39, 0.29) is 17.6 Å². The summed E-state index contributed by atoms with van der Waals surface area (Å²) in [6.45, 7) is 1.74. The Balaban J connectivity index is 1.47. The minimum Gasteiger partial charge on any atom is -0.484 e. The second-order valence-electron chi connectivity index (χ2n) is 7.12. The van der Waals surface area contributed by atoms with Gasteiger partial charge in [-0.25, -0.2) is 4.79 Å².